The summed E-state index contributed by atoms with van der Waals surface area (Å²) in [5.74, 6) is -1.35. The molecule has 2 aromatic rings. The maximum atomic E-state index is 12.6. The molecule has 0 radical (unpaired) electrons. The lowest BCUT2D eigenvalue weighted by atomic mass is 10.1. The lowest BCUT2D eigenvalue weighted by molar-refractivity contribution is -0.129. The maximum absolute atomic E-state index is 12.6. The Bertz CT molecular complexity index is 810. The Kier molecular flexibility index (Phi) is 6.57. The highest BCUT2D eigenvalue weighted by molar-refractivity contribution is 6.31. The van der Waals surface area contributed by atoms with Gasteiger partial charge in [-0.3, -0.25) is 10.1 Å². The van der Waals surface area contributed by atoms with Crippen LogP contribution in [0.2, 0.25) is 5.02 Å². The minimum Gasteiger partial charge on any atom is -0.496 e. The van der Waals surface area contributed by atoms with E-state index in [1.165, 1.54) is 26.3 Å². The number of methoxy groups -OCH3 is 1. The highest BCUT2D eigenvalue weighted by Crippen LogP contribution is 2.26. The van der Waals surface area contributed by atoms with Crippen LogP contribution in [0, 0.1) is 0 Å². The average Bonchev–Trinajstić information content (AvgIpc) is 2.66. The predicted octanol–water partition coefficient (Wildman–Crippen LogP) is 2.70. The van der Waals surface area contributed by atoms with Crippen LogP contribution in [0.1, 0.15) is 22.0 Å². The average molecular weight is 377 g/mol. The molecule has 136 valence electrons. The summed E-state index contributed by atoms with van der Waals surface area (Å²) in [6.07, 6.45) is -1.33. The Morgan fingerprint density at radius 2 is 1.77 bits per heavy atom. The number of imide groups is 1. The Morgan fingerprint density at radius 3 is 2.38 bits per heavy atom. The summed E-state index contributed by atoms with van der Waals surface area (Å²) in [6, 6.07) is 12.1. The van der Waals surface area contributed by atoms with Crippen molar-refractivity contribution in [3.05, 3.63) is 64.7 Å². The number of nitrogens with one attached hydrogen (secondary N) is 2. The molecule has 0 heterocycles. The van der Waals surface area contributed by atoms with Crippen LogP contribution in [0.4, 0.5) is 4.79 Å². The van der Waals surface area contributed by atoms with Crippen LogP contribution < -0.4 is 15.4 Å². The van der Waals surface area contributed by atoms with Crippen LogP contribution in [-0.4, -0.2) is 32.1 Å². The number of ether oxygens (including phenoxy) is 2. The molecule has 0 bridgehead atoms. The van der Waals surface area contributed by atoms with E-state index in [9.17, 15) is 14.4 Å². The lowest BCUT2D eigenvalue weighted by Crippen LogP contribution is -2.41. The monoisotopic (exact) mass is 376 g/mol. The summed E-state index contributed by atoms with van der Waals surface area (Å²) in [6.45, 7) is 0. The molecule has 1 unspecified atom stereocenters. The molecule has 8 heteroatoms. The molecule has 0 aliphatic carbocycles. The van der Waals surface area contributed by atoms with Crippen molar-refractivity contribution >= 4 is 29.5 Å². The zero-order chi connectivity index (χ0) is 19.1. The normalized spacial score (nSPS) is 11.2. The summed E-state index contributed by atoms with van der Waals surface area (Å²) in [5, 5.41) is 4.67. The summed E-state index contributed by atoms with van der Waals surface area (Å²) in [7, 11) is 2.76. The zero-order valence-electron chi connectivity index (χ0n) is 14.1. The fourth-order valence-corrected chi connectivity index (χ4v) is 2.32. The van der Waals surface area contributed by atoms with Gasteiger partial charge in [-0.25, -0.2) is 9.59 Å². The highest BCUT2D eigenvalue weighted by Gasteiger charge is 2.28. The van der Waals surface area contributed by atoms with Crippen molar-refractivity contribution in [2.45, 2.75) is 6.10 Å². The lowest BCUT2D eigenvalue weighted by Gasteiger charge is -2.18. The first-order valence-electron chi connectivity index (χ1n) is 7.58. The summed E-state index contributed by atoms with van der Waals surface area (Å²) >= 11 is 5.93. The van der Waals surface area contributed by atoms with Crippen LogP contribution in [-0.2, 0) is 9.53 Å². The molecule has 0 aliphatic heterocycles. The van der Waals surface area contributed by atoms with Crippen LogP contribution in [0.25, 0.3) is 0 Å². The molecule has 0 aliphatic rings. The molecule has 26 heavy (non-hydrogen) atoms. The quantitative estimate of drug-likeness (QED) is 0.782. The molecular weight excluding hydrogens is 360 g/mol. The van der Waals surface area contributed by atoms with Gasteiger partial charge in [-0.05, 0) is 18.2 Å². The number of halogens is 1. The third-order valence-corrected chi connectivity index (χ3v) is 3.65. The van der Waals surface area contributed by atoms with Gasteiger partial charge in [-0.15, -0.1) is 0 Å². The van der Waals surface area contributed by atoms with Gasteiger partial charge >= 0.3 is 12.0 Å². The largest absolute Gasteiger partial charge is 0.496 e. The van der Waals surface area contributed by atoms with Crippen molar-refractivity contribution in [2.24, 2.45) is 0 Å². The van der Waals surface area contributed by atoms with Crippen molar-refractivity contribution in [1.82, 2.24) is 10.6 Å². The van der Waals surface area contributed by atoms with Gasteiger partial charge in [0, 0.05) is 17.6 Å². The van der Waals surface area contributed by atoms with Crippen molar-refractivity contribution in [1.29, 1.82) is 0 Å². The standard InChI is InChI=1S/C18H17ClN2O5/c1-20-18(24)21-16(22)15(11-6-4-3-5-7-11)26-17(23)13-10-12(19)8-9-14(13)25-2/h3-10,15H,1-2H3,(H2,20,21,22,24). The molecule has 0 aromatic heterocycles. The Balaban J connectivity index is 2.32. The van der Waals surface area contributed by atoms with Gasteiger partial charge in [-0.2, -0.15) is 0 Å². The fraction of sp³-hybridized carbons (Fsp3) is 0.167. The second-order valence-electron chi connectivity index (χ2n) is 5.11. The highest BCUT2D eigenvalue weighted by atomic mass is 35.5. The molecule has 0 saturated heterocycles. The number of rotatable bonds is 5. The van der Waals surface area contributed by atoms with Crippen LogP contribution in [0.5, 0.6) is 5.75 Å². The van der Waals surface area contributed by atoms with E-state index in [0.717, 1.165) is 0 Å². The molecule has 3 amide bonds. The van der Waals surface area contributed by atoms with Gasteiger partial charge in [-0.1, -0.05) is 41.9 Å². The number of hydrogen-bond donors (Lipinski definition) is 2. The van der Waals surface area contributed by atoms with Gasteiger partial charge < -0.3 is 14.8 Å². The van der Waals surface area contributed by atoms with Crippen LogP contribution >= 0.6 is 11.6 Å². The van der Waals surface area contributed by atoms with E-state index in [-0.39, 0.29) is 11.3 Å². The third kappa shape index (κ3) is 4.73. The number of hydrogen-bond acceptors (Lipinski definition) is 5. The van der Waals surface area contributed by atoms with Gasteiger partial charge in [0.05, 0.1) is 7.11 Å². The molecule has 2 N–H and O–H groups in total. The first kappa shape index (κ1) is 19.3. The van der Waals surface area contributed by atoms with Crippen molar-refractivity contribution in [3.63, 3.8) is 0 Å². The smallest absolute Gasteiger partial charge is 0.343 e. The fourth-order valence-electron chi connectivity index (χ4n) is 2.15. The van der Waals surface area contributed by atoms with E-state index in [2.05, 4.69) is 10.6 Å². The number of amides is 3. The van der Waals surface area contributed by atoms with Crippen molar-refractivity contribution in [3.8, 4) is 5.75 Å². The number of urea groups is 1. The number of carbonyl (C=O) groups excluding carboxylic acids is 3. The Morgan fingerprint density at radius 1 is 1.08 bits per heavy atom. The third-order valence-electron chi connectivity index (χ3n) is 3.41. The van der Waals surface area contributed by atoms with E-state index < -0.39 is 24.0 Å². The predicted molar refractivity (Wildman–Crippen MR) is 95.2 cm³/mol. The topological polar surface area (TPSA) is 93.7 Å². The molecule has 0 saturated carbocycles. The first-order chi connectivity index (χ1) is 12.5. The molecule has 2 rings (SSSR count). The minimum absolute atomic E-state index is 0.0636. The molecule has 0 fully saturated rings. The molecule has 1 atom stereocenters. The van der Waals surface area contributed by atoms with Crippen LogP contribution in [0.15, 0.2) is 48.5 Å². The molecule has 7 nitrogen and oxygen atoms in total. The summed E-state index contributed by atoms with van der Waals surface area (Å²) in [5.41, 5.74) is 0.469. The van der Waals surface area contributed by atoms with E-state index in [4.69, 9.17) is 21.1 Å². The van der Waals surface area contributed by atoms with Crippen molar-refractivity contribution < 1.29 is 23.9 Å². The van der Waals surface area contributed by atoms with Gasteiger partial charge in [0.2, 0.25) is 6.10 Å². The van der Waals surface area contributed by atoms with Gasteiger partial charge in [0.1, 0.15) is 11.3 Å². The molecule has 2 aromatic carbocycles. The second kappa shape index (κ2) is 8.87. The van der Waals surface area contributed by atoms with Gasteiger partial charge in [0.25, 0.3) is 5.91 Å². The Hall–Kier alpha value is -3.06. The maximum Gasteiger partial charge on any atom is 0.343 e. The number of carbonyl (C=O) groups is 3. The van der Waals surface area contributed by atoms with Gasteiger partial charge in [0.15, 0.2) is 0 Å². The first-order valence-corrected chi connectivity index (χ1v) is 7.96. The number of esters is 1. The number of benzene rings is 2. The van der Waals surface area contributed by atoms with E-state index in [1.807, 2.05) is 0 Å². The van der Waals surface area contributed by atoms with Crippen molar-refractivity contribution in [2.75, 3.05) is 14.2 Å². The minimum atomic E-state index is -1.33. The molecule has 0 spiro atoms. The second-order valence-corrected chi connectivity index (χ2v) is 5.55. The van der Waals surface area contributed by atoms with E-state index >= 15 is 0 Å². The SMILES string of the molecule is CNC(=O)NC(=O)C(OC(=O)c1cc(Cl)ccc1OC)c1ccccc1. The molecular formula is C18H17ClN2O5. The zero-order valence-corrected chi connectivity index (χ0v) is 14.9. The van der Waals surface area contributed by atoms with E-state index in [1.54, 1.807) is 36.4 Å². The van der Waals surface area contributed by atoms with E-state index in [0.29, 0.717) is 10.6 Å². The summed E-state index contributed by atoms with van der Waals surface area (Å²) < 4.78 is 10.5. The van der Waals surface area contributed by atoms with Crippen LogP contribution in [0.3, 0.4) is 0 Å². The summed E-state index contributed by atoms with van der Waals surface area (Å²) in [4.78, 5) is 36.4. The Labute approximate surface area is 155 Å².